The van der Waals surface area contributed by atoms with Crippen molar-refractivity contribution >= 4 is 34.5 Å². The van der Waals surface area contributed by atoms with Crippen molar-refractivity contribution in [2.75, 3.05) is 7.05 Å². The topological polar surface area (TPSA) is 66.8 Å². The molecule has 2 atom stereocenters. The van der Waals surface area contributed by atoms with Gasteiger partial charge in [-0.1, -0.05) is 42.1 Å². The first-order valence-corrected chi connectivity index (χ1v) is 7.43. The van der Waals surface area contributed by atoms with E-state index in [2.05, 4.69) is 4.99 Å². The Hall–Kier alpha value is -1.95. The second kappa shape index (κ2) is 4.80. The number of hydrogen-bond acceptors (Lipinski definition) is 4. The Morgan fingerprint density at radius 1 is 1.24 bits per heavy atom. The minimum Gasteiger partial charge on any atom is -0.285 e. The summed E-state index contributed by atoms with van der Waals surface area (Å²) in [5, 5.41) is 0.609. The fraction of sp³-hybridized carbons (Fsp3) is 0.333. The number of rotatable bonds is 2. The van der Waals surface area contributed by atoms with Gasteiger partial charge in [0.05, 0.1) is 5.92 Å². The molecule has 0 spiro atoms. The molecule has 1 saturated heterocycles. The Labute approximate surface area is 126 Å². The fourth-order valence-corrected chi connectivity index (χ4v) is 3.82. The van der Waals surface area contributed by atoms with Crippen molar-refractivity contribution < 1.29 is 14.4 Å². The molecule has 0 saturated carbocycles. The first kappa shape index (κ1) is 14.0. The van der Waals surface area contributed by atoms with Crippen LogP contribution in [0.2, 0.25) is 0 Å². The summed E-state index contributed by atoms with van der Waals surface area (Å²) in [6, 6.07) is 9.38. The van der Waals surface area contributed by atoms with Crippen molar-refractivity contribution in [2.45, 2.75) is 18.1 Å². The molecule has 1 fully saturated rings. The Bertz CT molecular complexity index is 671. The average Bonchev–Trinajstić information content (AvgIpc) is 2.93. The van der Waals surface area contributed by atoms with E-state index in [1.165, 1.54) is 18.8 Å². The minimum atomic E-state index is -0.997. The standard InChI is InChI=1S/C15H14N2O3S/c1-15(10-8-11(18)17(2)13(10)19)14(20)16-12(21-15)9-6-4-3-5-7-9/h3-7,10H,8H2,1-2H3/t10-,15+/m1/s1. The molecule has 1 aromatic rings. The molecule has 0 aromatic heterocycles. The molecule has 5 nitrogen and oxygen atoms in total. The molecule has 21 heavy (non-hydrogen) atoms. The number of amides is 3. The fourth-order valence-electron chi connectivity index (χ4n) is 2.58. The molecule has 0 radical (unpaired) electrons. The van der Waals surface area contributed by atoms with Gasteiger partial charge in [-0.25, -0.2) is 4.99 Å². The van der Waals surface area contributed by atoms with Crippen molar-refractivity contribution in [3.8, 4) is 0 Å². The third-order valence-electron chi connectivity index (χ3n) is 4.00. The number of benzene rings is 1. The van der Waals surface area contributed by atoms with Gasteiger partial charge in [-0.3, -0.25) is 19.3 Å². The van der Waals surface area contributed by atoms with Gasteiger partial charge in [0, 0.05) is 19.0 Å². The molecule has 108 valence electrons. The summed E-state index contributed by atoms with van der Waals surface area (Å²) >= 11 is 1.28. The van der Waals surface area contributed by atoms with E-state index in [-0.39, 0.29) is 24.1 Å². The largest absolute Gasteiger partial charge is 0.285 e. The third kappa shape index (κ3) is 2.10. The van der Waals surface area contributed by atoms with Crippen LogP contribution in [0.5, 0.6) is 0 Å². The van der Waals surface area contributed by atoms with E-state index < -0.39 is 10.7 Å². The predicted octanol–water partition coefficient (Wildman–Crippen LogP) is 1.47. The highest BCUT2D eigenvalue weighted by atomic mass is 32.2. The van der Waals surface area contributed by atoms with Crippen LogP contribution in [-0.2, 0) is 14.4 Å². The van der Waals surface area contributed by atoms with Crippen molar-refractivity contribution in [2.24, 2.45) is 10.9 Å². The van der Waals surface area contributed by atoms with Crippen LogP contribution in [0, 0.1) is 5.92 Å². The Balaban J connectivity index is 1.90. The van der Waals surface area contributed by atoms with Crippen molar-refractivity contribution in [1.82, 2.24) is 4.90 Å². The number of hydrogen-bond donors (Lipinski definition) is 0. The van der Waals surface area contributed by atoms with E-state index in [9.17, 15) is 14.4 Å². The normalized spacial score (nSPS) is 29.2. The maximum Gasteiger partial charge on any atom is 0.263 e. The van der Waals surface area contributed by atoms with Gasteiger partial charge in [0.15, 0.2) is 0 Å². The van der Waals surface area contributed by atoms with E-state index in [1.54, 1.807) is 6.92 Å². The molecule has 0 bridgehead atoms. The van der Waals surface area contributed by atoms with Gasteiger partial charge in [-0.15, -0.1) is 0 Å². The van der Waals surface area contributed by atoms with Crippen LogP contribution in [0.25, 0.3) is 0 Å². The van der Waals surface area contributed by atoms with Crippen molar-refractivity contribution in [3.63, 3.8) is 0 Å². The van der Waals surface area contributed by atoms with E-state index >= 15 is 0 Å². The number of nitrogens with zero attached hydrogens (tertiary/aromatic N) is 2. The summed E-state index contributed by atoms with van der Waals surface area (Å²) < 4.78 is -0.997. The second-order valence-corrected chi connectivity index (χ2v) is 6.78. The molecular formula is C15H14N2O3S. The van der Waals surface area contributed by atoms with Crippen LogP contribution < -0.4 is 0 Å². The SMILES string of the molecule is CN1C(=O)C[C@@H]([C@]2(C)SC(c3ccccc3)=NC2=O)C1=O. The summed E-state index contributed by atoms with van der Waals surface area (Å²) in [6.45, 7) is 1.70. The number of carbonyl (C=O) groups is 3. The lowest BCUT2D eigenvalue weighted by molar-refractivity contribution is -0.139. The molecule has 0 unspecified atom stereocenters. The average molecular weight is 302 g/mol. The van der Waals surface area contributed by atoms with Crippen LogP contribution in [-0.4, -0.2) is 39.5 Å². The monoisotopic (exact) mass is 302 g/mol. The molecule has 2 aliphatic rings. The number of carbonyl (C=O) groups excluding carboxylic acids is 3. The molecule has 2 heterocycles. The zero-order chi connectivity index (χ0) is 15.2. The van der Waals surface area contributed by atoms with E-state index in [0.717, 1.165) is 10.5 Å². The van der Waals surface area contributed by atoms with E-state index in [0.29, 0.717) is 5.04 Å². The maximum atomic E-state index is 12.3. The van der Waals surface area contributed by atoms with Crippen LogP contribution in [0.15, 0.2) is 35.3 Å². The highest BCUT2D eigenvalue weighted by Gasteiger charge is 2.55. The van der Waals surface area contributed by atoms with Gasteiger partial charge in [0.2, 0.25) is 11.8 Å². The maximum absolute atomic E-state index is 12.3. The van der Waals surface area contributed by atoms with E-state index in [1.807, 2.05) is 30.3 Å². The first-order valence-electron chi connectivity index (χ1n) is 6.61. The lowest BCUT2D eigenvalue weighted by Gasteiger charge is -2.25. The highest BCUT2D eigenvalue weighted by Crippen LogP contribution is 2.45. The third-order valence-corrected chi connectivity index (χ3v) is 5.41. The first-order chi connectivity index (χ1) is 9.93. The number of likely N-dealkylation sites (tertiary alicyclic amines) is 1. The van der Waals surface area contributed by atoms with Gasteiger partial charge in [0.25, 0.3) is 5.91 Å². The minimum absolute atomic E-state index is 0.0716. The highest BCUT2D eigenvalue weighted by molar-refractivity contribution is 8.16. The van der Waals surface area contributed by atoms with Gasteiger partial charge >= 0.3 is 0 Å². The summed E-state index contributed by atoms with van der Waals surface area (Å²) in [4.78, 5) is 41.4. The van der Waals surface area contributed by atoms with Gasteiger partial charge in [0.1, 0.15) is 9.79 Å². The number of thioether (sulfide) groups is 1. The molecule has 3 amide bonds. The summed E-state index contributed by atoms with van der Waals surface area (Å²) in [5.41, 5.74) is 0.852. The lowest BCUT2D eigenvalue weighted by Crippen LogP contribution is -2.41. The summed E-state index contributed by atoms with van der Waals surface area (Å²) in [5.74, 6) is -1.52. The molecule has 6 heteroatoms. The molecule has 2 aliphatic heterocycles. The van der Waals surface area contributed by atoms with Gasteiger partial charge in [-0.05, 0) is 6.92 Å². The van der Waals surface area contributed by atoms with Crippen molar-refractivity contribution in [3.05, 3.63) is 35.9 Å². The lowest BCUT2D eigenvalue weighted by atomic mass is 9.91. The summed E-state index contributed by atoms with van der Waals surface area (Å²) in [7, 11) is 1.46. The molecular weight excluding hydrogens is 288 g/mol. The van der Waals surface area contributed by atoms with Gasteiger partial charge < -0.3 is 0 Å². The zero-order valence-electron chi connectivity index (χ0n) is 11.7. The predicted molar refractivity (Wildman–Crippen MR) is 79.9 cm³/mol. The quantitative estimate of drug-likeness (QED) is 0.776. The van der Waals surface area contributed by atoms with Gasteiger partial charge in [-0.2, -0.15) is 0 Å². The smallest absolute Gasteiger partial charge is 0.263 e. The summed E-state index contributed by atoms with van der Waals surface area (Å²) in [6.07, 6.45) is 0.0716. The van der Waals surface area contributed by atoms with Crippen LogP contribution in [0.1, 0.15) is 18.9 Å². The molecule has 0 aliphatic carbocycles. The van der Waals surface area contributed by atoms with Crippen LogP contribution in [0.3, 0.4) is 0 Å². The van der Waals surface area contributed by atoms with Crippen LogP contribution in [0.4, 0.5) is 0 Å². The molecule has 0 N–H and O–H groups in total. The van der Waals surface area contributed by atoms with Crippen molar-refractivity contribution in [1.29, 1.82) is 0 Å². The molecule has 1 aromatic carbocycles. The zero-order valence-corrected chi connectivity index (χ0v) is 12.5. The van der Waals surface area contributed by atoms with E-state index in [4.69, 9.17) is 0 Å². The Morgan fingerprint density at radius 2 is 1.90 bits per heavy atom. The molecule has 3 rings (SSSR count). The number of imide groups is 1. The Kier molecular flexibility index (Phi) is 3.20. The Morgan fingerprint density at radius 3 is 2.48 bits per heavy atom. The number of aliphatic imine (C=N–C) groups is 1. The second-order valence-electron chi connectivity index (χ2n) is 5.34. The van der Waals surface area contributed by atoms with Crippen LogP contribution >= 0.6 is 11.8 Å².